The normalized spacial score (nSPS) is 10.7. The molecule has 0 atom stereocenters. The number of benzene rings is 1. The molecule has 3 nitrogen and oxygen atoms in total. The van der Waals surface area contributed by atoms with E-state index in [4.69, 9.17) is 5.26 Å². The van der Waals surface area contributed by atoms with Crippen LogP contribution in [-0.4, -0.2) is 12.5 Å². The van der Waals surface area contributed by atoms with Crippen LogP contribution in [0.1, 0.15) is 19.4 Å². The summed E-state index contributed by atoms with van der Waals surface area (Å²) in [4.78, 5) is 11.6. The molecule has 1 N–H and O–H groups in total. The summed E-state index contributed by atoms with van der Waals surface area (Å²) in [5, 5.41) is 11.6. The molecule has 0 aliphatic carbocycles. The first kappa shape index (κ1) is 13.7. The van der Waals surface area contributed by atoms with E-state index in [2.05, 4.69) is 21.2 Å². The first-order chi connectivity index (χ1) is 7.95. The maximum atomic E-state index is 11.6. The Morgan fingerprint density at radius 3 is 2.53 bits per heavy atom. The molecule has 1 aromatic carbocycles. The lowest BCUT2D eigenvalue weighted by atomic mass is 9.95. The number of nitrogens with zero attached hydrogens (tertiary/aromatic N) is 1. The molecular formula is C13H15BrN2O. The molecule has 0 fully saturated rings. The quantitative estimate of drug-likeness (QED) is 0.928. The van der Waals surface area contributed by atoms with Crippen LogP contribution in [0.15, 0.2) is 28.7 Å². The third kappa shape index (κ3) is 4.20. The summed E-state index contributed by atoms with van der Waals surface area (Å²) in [6.45, 7) is 3.77. The highest BCUT2D eigenvalue weighted by atomic mass is 79.9. The van der Waals surface area contributed by atoms with Gasteiger partial charge in [-0.25, -0.2) is 0 Å². The van der Waals surface area contributed by atoms with Crippen LogP contribution in [0, 0.1) is 16.7 Å². The summed E-state index contributed by atoms with van der Waals surface area (Å²) in [7, 11) is 0. The summed E-state index contributed by atoms with van der Waals surface area (Å²) < 4.78 is 1.04. The number of halogens is 1. The molecule has 0 radical (unpaired) electrons. The lowest BCUT2D eigenvalue weighted by Crippen LogP contribution is -2.36. The minimum absolute atomic E-state index is 0.225. The maximum Gasteiger partial charge on any atom is 0.239 e. The number of nitrogens with one attached hydrogen (secondary N) is 1. The number of carbonyl (C=O) groups is 1. The molecule has 0 aliphatic heterocycles. The molecule has 0 aromatic heterocycles. The first-order valence-electron chi connectivity index (χ1n) is 5.40. The molecule has 0 aliphatic rings. The molecule has 0 bridgehead atoms. The highest BCUT2D eigenvalue weighted by Gasteiger charge is 2.26. The Balaban J connectivity index is 2.41. The lowest BCUT2D eigenvalue weighted by molar-refractivity contribution is -0.126. The van der Waals surface area contributed by atoms with Gasteiger partial charge in [-0.15, -0.1) is 0 Å². The Morgan fingerprint density at radius 2 is 2.00 bits per heavy atom. The Labute approximate surface area is 110 Å². The third-order valence-corrected chi connectivity index (χ3v) is 2.99. The number of hydrogen-bond donors (Lipinski definition) is 1. The lowest BCUT2D eigenvalue weighted by Gasteiger charge is -2.14. The van der Waals surface area contributed by atoms with Crippen LogP contribution in [0.25, 0.3) is 0 Å². The number of nitriles is 1. The molecule has 17 heavy (non-hydrogen) atoms. The summed E-state index contributed by atoms with van der Waals surface area (Å²) >= 11 is 3.37. The molecule has 0 spiro atoms. The van der Waals surface area contributed by atoms with Gasteiger partial charge < -0.3 is 5.32 Å². The van der Waals surface area contributed by atoms with Crippen LogP contribution in [0.2, 0.25) is 0 Å². The molecule has 0 saturated heterocycles. The number of amides is 1. The Hall–Kier alpha value is -1.34. The van der Waals surface area contributed by atoms with Crippen LogP contribution in [0.5, 0.6) is 0 Å². The van der Waals surface area contributed by atoms with E-state index in [-0.39, 0.29) is 5.91 Å². The van der Waals surface area contributed by atoms with Crippen LogP contribution >= 0.6 is 15.9 Å². The predicted molar refractivity (Wildman–Crippen MR) is 70.2 cm³/mol. The third-order valence-electron chi connectivity index (χ3n) is 2.46. The molecule has 1 rings (SSSR count). The van der Waals surface area contributed by atoms with Crippen LogP contribution in [0.4, 0.5) is 0 Å². The van der Waals surface area contributed by atoms with Crippen molar-refractivity contribution in [2.24, 2.45) is 5.41 Å². The maximum absolute atomic E-state index is 11.6. The van der Waals surface area contributed by atoms with Gasteiger partial charge in [0, 0.05) is 11.0 Å². The fourth-order valence-corrected chi connectivity index (χ4v) is 1.51. The van der Waals surface area contributed by atoms with Crippen molar-refractivity contribution in [3.8, 4) is 6.07 Å². The van der Waals surface area contributed by atoms with Gasteiger partial charge in [0.05, 0.1) is 6.07 Å². The summed E-state index contributed by atoms with van der Waals surface area (Å²) in [6.07, 6.45) is 0.764. The fourth-order valence-electron chi connectivity index (χ4n) is 1.24. The van der Waals surface area contributed by atoms with Crippen molar-refractivity contribution in [1.29, 1.82) is 5.26 Å². The zero-order valence-electron chi connectivity index (χ0n) is 9.96. The Morgan fingerprint density at radius 1 is 1.41 bits per heavy atom. The largest absolute Gasteiger partial charge is 0.354 e. The molecule has 0 saturated carbocycles. The van der Waals surface area contributed by atoms with Crippen molar-refractivity contribution < 1.29 is 4.79 Å². The minimum atomic E-state index is -0.959. The molecule has 0 heterocycles. The van der Waals surface area contributed by atoms with Crippen molar-refractivity contribution in [3.63, 3.8) is 0 Å². The molecule has 1 aromatic rings. The van der Waals surface area contributed by atoms with Crippen LogP contribution in [0.3, 0.4) is 0 Å². The molecule has 90 valence electrons. The van der Waals surface area contributed by atoms with Gasteiger partial charge in [0.25, 0.3) is 0 Å². The second kappa shape index (κ2) is 5.83. The van der Waals surface area contributed by atoms with E-state index in [9.17, 15) is 4.79 Å². The standard InChI is InChI=1S/C13H15BrN2O/c1-13(2,9-15)12(17)16-8-7-10-3-5-11(14)6-4-10/h3-6H,7-8H2,1-2H3,(H,16,17). The van der Waals surface area contributed by atoms with E-state index < -0.39 is 5.41 Å². The van der Waals surface area contributed by atoms with E-state index in [1.807, 2.05) is 30.3 Å². The number of rotatable bonds is 4. The Kier molecular flexibility index (Phi) is 4.71. The molecular weight excluding hydrogens is 280 g/mol. The van der Waals surface area contributed by atoms with E-state index >= 15 is 0 Å². The fraction of sp³-hybridized carbons (Fsp3) is 0.385. The molecule has 4 heteroatoms. The Bertz CT molecular complexity index is 432. The molecule has 0 unspecified atom stereocenters. The van der Waals surface area contributed by atoms with Gasteiger partial charge in [-0.05, 0) is 38.0 Å². The van der Waals surface area contributed by atoms with Crippen molar-refractivity contribution in [2.45, 2.75) is 20.3 Å². The zero-order valence-corrected chi connectivity index (χ0v) is 11.5. The second-order valence-corrected chi connectivity index (χ2v) is 5.28. The monoisotopic (exact) mass is 294 g/mol. The molecule has 1 amide bonds. The van der Waals surface area contributed by atoms with Crippen molar-refractivity contribution in [3.05, 3.63) is 34.3 Å². The zero-order chi connectivity index (χ0) is 12.9. The van der Waals surface area contributed by atoms with Gasteiger partial charge >= 0.3 is 0 Å². The predicted octanol–water partition coefficient (Wildman–Crippen LogP) is 2.66. The van der Waals surface area contributed by atoms with E-state index in [1.165, 1.54) is 0 Å². The number of carbonyl (C=O) groups excluding carboxylic acids is 1. The van der Waals surface area contributed by atoms with Gasteiger partial charge in [0.15, 0.2) is 0 Å². The van der Waals surface area contributed by atoms with Gasteiger partial charge in [0.1, 0.15) is 5.41 Å². The van der Waals surface area contributed by atoms with E-state index in [1.54, 1.807) is 13.8 Å². The second-order valence-electron chi connectivity index (χ2n) is 4.37. The van der Waals surface area contributed by atoms with Crippen LogP contribution < -0.4 is 5.32 Å². The van der Waals surface area contributed by atoms with E-state index in [0.29, 0.717) is 6.54 Å². The highest BCUT2D eigenvalue weighted by Crippen LogP contribution is 2.13. The van der Waals surface area contributed by atoms with Crippen LogP contribution in [-0.2, 0) is 11.2 Å². The van der Waals surface area contributed by atoms with Gasteiger partial charge in [-0.3, -0.25) is 4.79 Å². The SMILES string of the molecule is CC(C)(C#N)C(=O)NCCc1ccc(Br)cc1. The van der Waals surface area contributed by atoms with Crippen molar-refractivity contribution in [2.75, 3.05) is 6.54 Å². The van der Waals surface area contributed by atoms with Crippen molar-refractivity contribution >= 4 is 21.8 Å². The minimum Gasteiger partial charge on any atom is -0.354 e. The summed E-state index contributed by atoms with van der Waals surface area (Å²) in [5.41, 5.74) is 0.197. The highest BCUT2D eigenvalue weighted by molar-refractivity contribution is 9.10. The number of hydrogen-bond acceptors (Lipinski definition) is 2. The van der Waals surface area contributed by atoms with E-state index in [0.717, 1.165) is 16.5 Å². The summed E-state index contributed by atoms with van der Waals surface area (Å²) in [6, 6.07) is 9.93. The average molecular weight is 295 g/mol. The average Bonchev–Trinajstić information content (AvgIpc) is 2.31. The van der Waals surface area contributed by atoms with Gasteiger partial charge in [0.2, 0.25) is 5.91 Å². The first-order valence-corrected chi connectivity index (χ1v) is 6.19. The summed E-state index contributed by atoms with van der Waals surface area (Å²) in [5.74, 6) is -0.225. The van der Waals surface area contributed by atoms with Crippen molar-refractivity contribution in [1.82, 2.24) is 5.32 Å². The van der Waals surface area contributed by atoms with Gasteiger partial charge in [-0.2, -0.15) is 5.26 Å². The van der Waals surface area contributed by atoms with Gasteiger partial charge in [-0.1, -0.05) is 28.1 Å². The smallest absolute Gasteiger partial charge is 0.239 e. The topological polar surface area (TPSA) is 52.9 Å².